The highest BCUT2D eigenvalue weighted by molar-refractivity contribution is 5.93. The molecule has 0 radical (unpaired) electrons. The normalized spacial score (nSPS) is 12.5. The number of amides is 1. The van der Waals surface area contributed by atoms with E-state index >= 15 is 0 Å². The van der Waals surface area contributed by atoms with Crippen molar-refractivity contribution >= 4 is 11.9 Å². The predicted octanol–water partition coefficient (Wildman–Crippen LogP) is 2.59. The van der Waals surface area contributed by atoms with Crippen molar-refractivity contribution in [3.8, 4) is 5.75 Å². The van der Waals surface area contributed by atoms with Crippen molar-refractivity contribution in [2.45, 2.75) is 39.3 Å². The Balaban J connectivity index is 1.99. The van der Waals surface area contributed by atoms with Gasteiger partial charge in [-0.25, -0.2) is 4.79 Å². The van der Waals surface area contributed by atoms with E-state index in [4.69, 9.17) is 9.84 Å². The van der Waals surface area contributed by atoms with E-state index in [0.29, 0.717) is 11.3 Å². The van der Waals surface area contributed by atoms with E-state index in [9.17, 15) is 9.59 Å². The van der Waals surface area contributed by atoms with Gasteiger partial charge >= 0.3 is 5.97 Å². The molecular weight excluding hydrogens is 322 g/mol. The number of carboxylic acids is 1. The number of carbonyl (C=O) groups is 2. The van der Waals surface area contributed by atoms with Gasteiger partial charge in [-0.05, 0) is 45.4 Å². The number of carboxylic acid groups (broad SMARTS) is 1. The van der Waals surface area contributed by atoms with Gasteiger partial charge < -0.3 is 15.2 Å². The Kier molecular flexibility index (Phi) is 5.46. The summed E-state index contributed by atoms with van der Waals surface area (Å²) in [5, 5.41) is 15.7. The van der Waals surface area contributed by atoms with Crippen LogP contribution in [0.4, 0.5) is 0 Å². The van der Waals surface area contributed by atoms with E-state index in [0.717, 1.165) is 5.56 Å². The highest BCUT2D eigenvalue weighted by Gasteiger charge is 2.18. The van der Waals surface area contributed by atoms with Crippen molar-refractivity contribution in [2.75, 3.05) is 6.61 Å². The van der Waals surface area contributed by atoms with Gasteiger partial charge in [-0.15, -0.1) is 0 Å². The monoisotopic (exact) mass is 345 g/mol. The van der Waals surface area contributed by atoms with Crippen LogP contribution in [0.1, 0.15) is 49.7 Å². The second-order valence-corrected chi connectivity index (χ2v) is 6.79. The van der Waals surface area contributed by atoms with E-state index in [-0.39, 0.29) is 24.1 Å². The summed E-state index contributed by atoms with van der Waals surface area (Å²) in [6, 6.07) is 6.73. The minimum Gasteiger partial charge on any atom is -0.482 e. The molecule has 1 aromatic heterocycles. The molecule has 0 saturated carbocycles. The molecule has 25 heavy (non-hydrogen) atoms. The van der Waals surface area contributed by atoms with Crippen LogP contribution < -0.4 is 10.1 Å². The number of aromatic nitrogens is 2. The number of hydrogen-bond donors (Lipinski definition) is 2. The van der Waals surface area contributed by atoms with Crippen LogP contribution in [0.15, 0.2) is 36.7 Å². The van der Waals surface area contributed by atoms with Gasteiger partial charge in [-0.3, -0.25) is 9.48 Å². The smallest absolute Gasteiger partial charge is 0.341 e. The molecule has 0 saturated heterocycles. The molecule has 2 N–H and O–H groups in total. The molecular formula is C18H23N3O4. The Labute approximate surface area is 146 Å². The minimum atomic E-state index is -1.03. The van der Waals surface area contributed by atoms with E-state index < -0.39 is 5.97 Å². The lowest BCUT2D eigenvalue weighted by atomic mass is 10.1. The molecule has 7 heteroatoms. The first-order valence-electron chi connectivity index (χ1n) is 7.97. The van der Waals surface area contributed by atoms with Gasteiger partial charge in [0.15, 0.2) is 6.61 Å². The quantitative estimate of drug-likeness (QED) is 0.839. The summed E-state index contributed by atoms with van der Waals surface area (Å²) in [5.74, 6) is -0.758. The molecule has 1 unspecified atom stereocenters. The number of rotatable bonds is 6. The fourth-order valence-electron chi connectivity index (χ4n) is 2.17. The Morgan fingerprint density at radius 2 is 1.92 bits per heavy atom. The first-order valence-corrected chi connectivity index (χ1v) is 7.97. The summed E-state index contributed by atoms with van der Waals surface area (Å²) < 4.78 is 6.84. The van der Waals surface area contributed by atoms with Crippen LogP contribution in [0.3, 0.4) is 0 Å². The number of nitrogens with one attached hydrogen (secondary N) is 1. The summed E-state index contributed by atoms with van der Waals surface area (Å²) in [6.45, 7) is 7.53. The first-order chi connectivity index (χ1) is 11.7. The number of benzene rings is 1. The molecule has 1 atom stereocenters. The van der Waals surface area contributed by atoms with Crippen LogP contribution >= 0.6 is 0 Å². The highest BCUT2D eigenvalue weighted by Crippen LogP contribution is 2.19. The third kappa shape index (κ3) is 5.07. The molecule has 2 aromatic rings. The zero-order valence-corrected chi connectivity index (χ0v) is 14.8. The maximum Gasteiger partial charge on any atom is 0.341 e. The molecule has 0 bridgehead atoms. The lowest BCUT2D eigenvalue weighted by Crippen LogP contribution is -2.26. The Morgan fingerprint density at radius 1 is 1.28 bits per heavy atom. The van der Waals surface area contributed by atoms with Crippen LogP contribution in [0, 0.1) is 0 Å². The summed E-state index contributed by atoms with van der Waals surface area (Å²) in [7, 11) is 0. The van der Waals surface area contributed by atoms with Crippen LogP contribution in [0.25, 0.3) is 0 Å². The van der Waals surface area contributed by atoms with Crippen molar-refractivity contribution in [3.05, 3.63) is 47.8 Å². The fourth-order valence-corrected chi connectivity index (χ4v) is 2.17. The summed E-state index contributed by atoms with van der Waals surface area (Å²) in [4.78, 5) is 22.8. The molecule has 7 nitrogen and oxygen atoms in total. The van der Waals surface area contributed by atoms with Crippen molar-refractivity contribution < 1.29 is 19.4 Å². The zero-order valence-electron chi connectivity index (χ0n) is 14.8. The maximum atomic E-state index is 12.4. The number of carbonyl (C=O) groups excluding carboxylic acids is 1. The highest BCUT2D eigenvalue weighted by atomic mass is 16.5. The number of hydrogen-bond acceptors (Lipinski definition) is 4. The molecule has 1 heterocycles. The molecule has 0 aliphatic rings. The van der Waals surface area contributed by atoms with Gasteiger partial charge in [0.1, 0.15) is 5.75 Å². The minimum absolute atomic E-state index is 0.185. The fraction of sp³-hybridized carbons (Fsp3) is 0.389. The SMILES string of the molecule is CC(NC(=O)c1cnn(C(C)(C)C)c1)c1ccc(OCC(=O)O)cc1. The van der Waals surface area contributed by atoms with Gasteiger partial charge in [0.05, 0.1) is 23.3 Å². The van der Waals surface area contributed by atoms with Gasteiger partial charge in [0, 0.05) is 6.20 Å². The van der Waals surface area contributed by atoms with Crippen molar-refractivity contribution in [1.82, 2.24) is 15.1 Å². The Bertz CT molecular complexity index is 744. The molecule has 0 aliphatic carbocycles. The van der Waals surface area contributed by atoms with Gasteiger partial charge in [0.2, 0.25) is 0 Å². The van der Waals surface area contributed by atoms with Gasteiger partial charge in [0.25, 0.3) is 5.91 Å². The summed E-state index contributed by atoms with van der Waals surface area (Å²) in [6.07, 6.45) is 3.28. The lowest BCUT2D eigenvalue weighted by Gasteiger charge is -2.18. The molecule has 2 rings (SSSR count). The average molecular weight is 345 g/mol. The standard InChI is InChI=1S/C18H23N3O4/c1-12(13-5-7-15(8-6-13)25-11-16(22)23)20-17(24)14-9-19-21(10-14)18(2,3)4/h5-10,12H,11H2,1-4H3,(H,20,24)(H,22,23). The third-order valence-corrected chi connectivity index (χ3v) is 3.62. The van der Waals surface area contributed by atoms with E-state index in [1.807, 2.05) is 27.7 Å². The van der Waals surface area contributed by atoms with Gasteiger partial charge in [-0.2, -0.15) is 5.10 Å². The van der Waals surface area contributed by atoms with E-state index in [2.05, 4.69) is 10.4 Å². The molecule has 1 aromatic carbocycles. The van der Waals surface area contributed by atoms with Crippen LogP contribution in [0.2, 0.25) is 0 Å². The van der Waals surface area contributed by atoms with Crippen LogP contribution in [0.5, 0.6) is 5.75 Å². The van der Waals surface area contributed by atoms with Crippen molar-refractivity contribution in [2.24, 2.45) is 0 Å². The van der Waals surface area contributed by atoms with Crippen LogP contribution in [-0.4, -0.2) is 33.4 Å². The first kappa shape index (κ1) is 18.5. The summed E-state index contributed by atoms with van der Waals surface area (Å²) >= 11 is 0. The second-order valence-electron chi connectivity index (χ2n) is 6.79. The Morgan fingerprint density at radius 3 is 2.44 bits per heavy atom. The topological polar surface area (TPSA) is 93.5 Å². The lowest BCUT2D eigenvalue weighted by molar-refractivity contribution is -0.139. The zero-order chi connectivity index (χ0) is 18.6. The third-order valence-electron chi connectivity index (χ3n) is 3.62. The Hall–Kier alpha value is -2.83. The molecule has 0 aliphatic heterocycles. The molecule has 0 spiro atoms. The number of ether oxygens (including phenoxy) is 1. The molecule has 1 amide bonds. The van der Waals surface area contributed by atoms with E-state index in [1.165, 1.54) is 0 Å². The average Bonchev–Trinajstić information content (AvgIpc) is 3.03. The van der Waals surface area contributed by atoms with Gasteiger partial charge in [-0.1, -0.05) is 12.1 Å². The molecule has 0 fully saturated rings. The largest absolute Gasteiger partial charge is 0.482 e. The van der Waals surface area contributed by atoms with Crippen LogP contribution in [-0.2, 0) is 10.3 Å². The second kappa shape index (κ2) is 7.38. The summed E-state index contributed by atoms with van der Waals surface area (Å²) in [5.41, 5.74) is 1.21. The maximum absolute atomic E-state index is 12.4. The predicted molar refractivity (Wildman–Crippen MR) is 92.7 cm³/mol. The van der Waals surface area contributed by atoms with Crippen molar-refractivity contribution in [3.63, 3.8) is 0 Å². The number of aliphatic carboxylic acids is 1. The van der Waals surface area contributed by atoms with E-state index in [1.54, 1.807) is 41.3 Å². The molecule has 134 valence electrons. The number of nitrogens with zero attached hydrogens (tertiary/aromatic N) is 2. The van der Waals surface area contributed by atoms with Crippen molar-refractivity contribution in [1.29, 1.82) is 0 Å².